The second-order valence-electron chi connectivity index (χ2n) is 4.73. The third kappa shape index (κ3) is 3.96. The van der Waals surface area contributed by atoms with Crippen molar-refractivity contribution in [3.8, 4) is 0 Å². The van der Waals surface area contributed by atoms with Crippen LogP contribution in [0.1, 0.15) is 44.9 Å². The number of hydrogen-bond donors (Lipinski definition) is 1. The highest BCUT2D eigenvalue weighted by atomic mass is 16.5. The van der Waals surface area contributed by atoms with Gasteiger partial charge in [0, 0.05) is 6.04 Å². The summed E-state index contributed by atoms with van der Waals surface area (Å²) in [6.07, 6.45) is 11.7. The summed E-state index contributed by atoms with van der Waals surface area (Å²) in [6, 6.07) is 0.805. The zero-order valence-electron chi connectivity index (χ0n) is 9.63. The normalized spacial score (nSPS) is 23.9. The van der Waals surface area contributed by atoms with E-state index in [4.69, 9.17) is 4.74 Å². The second-order valence-corrected chi connectivity index (χ2v) is 4.73. The quantitative estimate of drug-likeness (QED) is 0.719. The van der Waals surface area contributed by atoms with E-state index >= 15 is 0 Å². The minimum Gasteiger partial charge on any atom is -0.377 e. The van der Waals surface area contributed by atoms with Crippen molar-refractivity contribution in [2.75, 3.05) is 19.8 Å². The Balaban J connectivity index is 1.59. The zero-order chi connectivity index (χ0) is 10.3. The van der Waals surface area contributed by atoms with Gasteiger partial charge in [0.05, 0.1) is 13.2 Å². The Morgan fingerprint density at radius 1 is 1.27 bits per heavy atom. The molecular formula is C13H23NO. The molecule has 0 radical (unpaired) electrons. The fraction of sp³-hybridized carbons (Fsp3) is 0.846. The van der Waals surface area contributed by atoms with Crippen molar-refractivity contribution in [1.29, 1.82) is 0 Å². The van der Waals surface area contributed by atoms with E-state index in [1.807, 2.05) is 0 Å². The summed E-state index contributed by atoms with van der Waals surface area (Å²) >= 11 is 0. The van der Waals surface area contributed by atoms with Crippen LogP contribution in [0.15, 0.2) is 11.6 Å². The van der Waals surface area contributed by atoms with Gasteiger partial charge in [-0.15, -0.1) is 0 Å². The van der Waals surface area contributed by atoms with E-state index in [1.165, 1.54) is 38.5 Å². The van der Waals surface area contributed by atoms with Crippen LogP contribution in [0.5, 0.6) is 0 Å². The van der Waals surface area contributed by atoms with E-state index in [1.54, 1.807) is 5.57 Å². The molecule has 1 N–H and O–H groups in total. The van der Waals surface area contributed by atoms with Crippen LogP contribution in [-0.4, -0.2) is 25.8 Å². The highest BCUT2D eigenvalue weighted by Gasteiger charge is 2.12. The Hall–Kier alpha value is -0.340. The van der Waals surface area contributed by atoms with Crippen LogP contribution in [0.25, 0.3) is 0 Å². The lowest BCUT2D eigenvalue weighted by molar-refractivity contribution is 0.153. The van der Waals surface area contributed by atoms with E-state index < -0.39 is 0 Å². The van der Waals surface area contributed by atoms with Gasteiger partial charge in [0.25, 0.3) is 0 Å². The molecular weight excluding hydrogens is 186 g/mol. The first-order valence-corrected chi connectivity index (χ1v) is 6.44. The van der Waals surface area contributed by atoms with Crippen LogP contribution in [0.3, 0.4) is 0 Å². The molecule has 86 valence electrons. The average molecular weight is 209 g/mol. The average Bonchev–Trinajstić information content (AvgIpc) is 2.32. The molecule has 0 amide bonds. The van der Waals surface area contributed by atoms with Crippen LogP contribution in [0.4, 0.5) is 0 Å². The maximum absolute atomic E-state index is 5.30. The molecule has 1 fully saturated rings. The maximum Gasteiger partial charge on any atom is 0.0650 e. The van der Waals surface area contributed by atoms with Gasteiger partial charge in [-0.25, -0.2) is 0 Å². The predicted octanol–water partition coefficient (Wildman–Crippen LogP) is 2.65. The standard InChI is InChI=1S/C13H23NO/c1-2-4-13(5-3-1)14-9-6-12-7-10-15-11-8-12/h7,13-14H,1-6,8-11H2. The second kappa shape index (κ2) is 6.29. The summed E-state index contributed by atoms with van der Waals surface area (Å²) in [5.74, 6) is 0. The van der Waals surface area contributed by atoms with Crippen molar-refractivity contribution < 1.29 is 4.74 Å². The smallest absolute Gasteiger partial charge is 0.0650 e. The van der Waals surface area contributed by atoms with E-state index in [0.717, 1.165) is 32.2 Å². The first-order valence-electron chi connectivity index (χ1n) is 6.44. The molecule has 0 spiro atoms. The fourth-order valence-corrected chi connectivity index (χ4v) is 2.54. The van der Waals surface area contributed by atoms with E-state index in [2.05, 4.69) is 11.4 Å². The van der Waals surface area contributed by atoms with Crippen LogP contribution in [0.2, 0.25) is 0 Å². The largest absolute Gasteiger partial charge is 0.377 e. The Morgan fingerprint density at radius 3 is 2.87 bits per heavy atom. The Morgan fingerprint density at radius 2 is 2.13 bits per heavy atom. The van der Waals surface area contributed by atoms with Crippen molar-refractivity contribution >= 4 is 0 Å². The lowest BCUT2D eigenvalue weighted by Gasteiger charge is -2.23. The van der Waals surface area contributed by atoms with Crippen LogP contribution < -0.4 is 5.32 Å². The van der Waals surface area contributed by atoms with Gasteiger partial charge in [-0.05, 0) is 32.2 Å². The van der Waals surface area contributed by atoms with Crippen molar-refractivity contribution in [2.24, 2.45) is 0 Å². The Kier molecular flexibility index (Phi) is 4.68. The van der Waals surface area contributed by atoms with Crippen molar-refractivity contribution in [3.63, 3.8) is 0 Å². The predicted molar refractivity (Wildman–Crippen MR) is 63.0 cm³/mol. The third-order valence-electron chi connectivity index (χ3n) is 3.54. The zero-order valence-corrected chi connectivity index (χ0v) is 9.63. The number of rotatable bonds is 4. The Labute approximate surface area is 93.1 Å². The summed E-state index contributed by atoms with van der Waals surface area (Å²) in [4.78, 5) is 0. The lowest BCUT2D eigenvalue weighted by atomic mass is 9.95. The minimum absolute atomic E-state index is 0.805. The first-order chi connectivity index (χ1) is 7.45. The summed E-state index contributed by atoms with van der Waals surface area (Å²) in [7, 11) is 0. The maximum atomic E-state index is 5.30. The molecule has 1 aliphatic heterocycles. The molecule has 0 aromatic carbocycles. The van der Waals surface area contributed by atoms with Crippen molar-refractivity contribution in [1.82, 2.24) is 5.32 Å². The lowest BCUT2D eigenvalue weighted by Crippen LogP contribution is -2.32. The molecule has 2 heteroatoms. The molecule has 0 unspecified atom stereocenters. The molecule has 1 heterocycles. The summed E-state index contributed by atoms with van der Waals surface area (Å²) in [5.41, 5.74) is 1.59. The number of ether oxygens (including phenoxy) is 1. The van der Waals surface area contributed by atoms with Crippen LogP contribution in [0, 0.1) is 0 Å². The highest BCUT2D eigenvalue weighted by molar-refractivity contribution is 5.04. The monoisotopic (exact) mass is 209 g/mol. The highest BCUT2D eigenvalue weighted by Crippen LogP contribution is 2.18. The molecule has 1 aliphatic carbocycles. The van der Waals surface area contributed by atoms with Gasteiger partial charge >= 0.3 is 0 Å². The molecule has 0 bridgehead atoms. The molecule has 0 aromatic heterocycles. The summed E-state index contributed by atoms with van der Waals surface area (Å²) in [6.45, 7) is 2.92. The molecule has 0 aromatic rings. The number of nitrogens with one attached hydrogen (secondary N) is 1. The van der Waals surface area contributed by atoms with E-state index in [0.29, 0.717) is 0 Å². The van der Waals surface area contributed by atoms with Crippen LogP contribution >= 0.6 is 0 Å². The van der Waals surface area contributed by atoms with Crippen molar-refractivity contribution in [2.45, 2.75) is 51.0 Å². The topological polar surface area (TPSA) is 21.3 Å². The van der Waals surface area contributed by atoms with Gasteiger partial charge < -0.3 is 10.1 Å². The van der Waals surface area contributed by atoms with Crippen LogP contribution in [-0.2, 0) is 4.74 Å². The molecule has 2 aliphatic rings. The van der Waals surface area contributed by atoms with Gasteiger partial charge in [-0.3, -0.25) is 0 Å². The molecule has 1 saturated carbocycles. The number of hydrogen-bond acceptors (Lipinski definition) is 2. The van der Waals surface area contributed by atoms with Crippen molar-refractivity contribution in [3.05, 3.63) is 11.6 Å². The minimum atomic E-state index is 0.805. The first kappa shape index (κ1) is 11.2. The van der Waals surface area contributed by atoms with Gasteiger partial charge in [-0.2, -0.15) is 0 Å². The molecule has 2 nitrogen and oxygen atoms in total. The SMILES string of the molecule is C1=C(CCNC2CCCCC2)CCOC1. The summed E-state index contributed by atoms with van der Waals surface area (Å²) < 4.78 is 5.30. The third-order valence-corrected chi connectivity index (χ3v) is 3.54. The van der Waals surface area contributed by atoms with Gasteiger partial charge in [0.1, 0.15) is 0 Å². The molecule has 2 rings (SSSR count). The summed E-state index contributed by atoms with van der Waals surface area (Å²) in [5, 5.41) is 3.69. The van der Waals surface area contributed by atoms with Gasteiger partial charge in [0.15, 0.2) is 0 Å². The van der Waals surface area contributed by atoms with E-state index in [9.17, 15) is 0 Å². The molecule has 0 saturated heterocycles. The molecule has 0 atom stereocenters. The molecule has 15 heavy (non-hydrogen) atoms. The van der Waals surface area contributed by atoms with Gasteiger partial charge in [0.2, 0.25) is 0 Å². The fourth-order valence-electron chi connectivity index (χ4n) is 2.54. The van der Waals surface area contributed by atoms with Gasteiger partial charge in [-0.1, -0.05) is 30.9 Å². The van der Waals surface area contributed by atoms with E-state index in [-0.39, 0.29) is 0 Å². The Bertz CT molecular complexity index is 207.